The molecule has 2 N–H and O–H groups in total. The van der Waals surface area contributed by atoms with Crippen LogP contribution in [-0.2, 0) is 20.9 Å². The first-order chi connectivity index (χ1) is 8.50. The predicted molar refractivity (Wildman–Crippen MR) is 61.9 cm³/mol. The van der Waals surface area contributed by atoms with E-state index in [9.17, 15) is 14.4 Å². The summed E-state index contributed by atoms with van der Waals surface area (Å²) in [5, 5.41) is 10.6. The summed E-state index contributed by atoms with van der Waals surface area (Å²) < 4.78 is 4.83. The van der Waals surface area contributed by atoms with Crippen LogP contribution in [0.5, 0.6) is 0 Å². The monoisotopic (exact) mass is 251 g/mol. The molecule has 1 aromatic carbocycles. The molecule has 0 radical (unpaired) electrons. The van der Waals surface area contributed by atoms with Crippen molar-refractivity contribution in [1.82, 2.24) is 5.32 Å². The van der Waals surface area contributed by atoms with Gasteiger partial charge in [0.2, 0.25) is 0 Å². The Bertz CT molecular complexity index is 443. The second-order valence-electron chi connectivity index (χ2n) is 3.60. The number of hydrogen-bond donors (Lipinski definition) is 2. The van der Waals surface area contributed by atoms with Gasteiger partial charge in [0.15, 0.2) is 0 Å². The van der Waals surface area contributed by atoms with Gasteiger partial charge in [-0.25, -0.2) is 9.59 Å². The Hall–Kier alpha value is -2.37. The van der Waals surface area contributed by atoms with Crippen LogP contribution in [0.25, 0.3) is 0 Å². The molecule has 0 spiro atoms. The van der Waals surface area contributed by atoms with Crippen LogP contribution in [0.2, 0.25) is 0 Å². The molecule has 0 aliphatic carbocycles. The number of carbonyl (C=O) groups is 3. The number of nitrogens with one attached hydrogen (secondary N) is 1. The maximum absolute atomic E-state index is 11.3. The molecule has 1 aromatic rings. The Morgan fingerprint density at radius 3 is 2.44 bits per heavy atom. The van der Waals surface area contributed by atoms with Gasteiger partial charge in [-0.05, 0) is 12.5 Å². The van der Waals surface area contributed by atoms with Gasteiger partial charge in [0, 0.05) is 0 Å². The molecule has 0 aliphatic rings. The molecule has 6 nitrogen and oxygen atoms in total. The molecule has 1 amide bonds. The summed E-state index contributed by atoms with van der Waals surface area (Å²) in [5.74, 6) is -2.68. The van der Waals surface area contributed by atoms with Crippen LogP contribution in [0.15, 0.2) is 30.3 Å². The highest BCUT2D eigenvalue weighted by molar-refractivity contribution is 6.35. The van der Waals surface area contributed by atoms with Gasteiger partial charge >= 0.3 is 12.1 Å². The smallest absolute Gasteiger partial charge is 0.408 e. The third-order valence-electron chi connectivity index (χ3n) is 2.15. The van der Waals surface area contributed by atoms with E-state index in [1.54, 1.807) is 24.3 Å². The fourth-order valence-electron chi connectivity index (χ4n) is 1.19. The average Bonchev–Trinajstić information content (AvgIpc) is 2.36. The topological polar surface area (TPSA) is 92.7 Å². The van der Waals surface area contributed by atoms with Crippen LogP contribution >= 0.6 is 0 Å². The van der Waals surface area contributed by atoms with Crippen molar-refractivity contribution < 1.29 is 24.2 Å². The SMILES string of the molecule is C[C@@H](NC(=O)OCc1ccccc1)C(=O)C(=O)O. The zero-order valence-corrected chi connectivity index (χ0v) is 9.75. The number of carboxylic acid groups (broad SMARTS) is 1. The summed E-state index contributed by atoms with van der Waals surface area (Å²) >= 11 is 0. The molecular weight excluding hydrogens is 238 g/mol. The van der Waals surface area contributed by atoms with E-state index in [4.69, 9.17) is 9.84 Å². The lowest BCUT2D eigenvalue weighted by atomic mass is 10.2. The standard InChI is InChI=1S/C12H13NO5/c1-8(10(14)11(15)16)13-12(17)18-7-9-5-3-2-4-6-9/h2-6,8H,7H2,1H3,(H,13,17)(H,15,16)/t8-/m1/s1. The van der Waals surface area contributed by atoms with Crippen molar-refractivity contribution in [2.45, 2.75) is 19.6 Å². The highest BCUT2D eigenvalue weighted by atomic mass is 16.5. The molecule has 1 atom stereocenters. The van der Waals surface area contributed by atoms with E-state index in [-0.39, 0.29) is 6.61 Å². The van der Waals surface area contributed by atoms with Crippen molar-refractivity contribution in [2.24, 2.45) is 0 Å². The highest BCUT2D eigenvalue weighted by Crippen LogP contribution is 2.00. The molecule has 0 aromatic heterocycles. The summed E-state index contributed by atoms with van der Waals surface area (Å²) in [6, 6.07) is 7.86. The van der Waals surface area contributed by atoms with Crippen molar-refractivity contribution in [1.29, 1.82) is 0 Å². The fourth-order valence-corrected chi connectivity index (χ4v) is 1.19. The number of ketones is 1. The van der Waals surface area contributed by atoms with Crippen LogP contribution in [0.1, 0.15) is 12.5 Å². The van der Waals surface area contributed by atoms with Gasteiger partial charge in [-0.15, -0.1) is 0 Å². The first kappa shape index (κ1) is 13.7. The van der Waals surface area contributed by atoms with Gasteiger partial charge in [-0.1, -0.05) is 30.3 Å². The lowest BCUT2D eigenvalue weighted by Crippen LogP contribution is -2.41. The molecule has 18 heavy (non-hydrogen) atoms. The number of hydrogen-bond acceptors (Lipinski definition) is 4. The molecule has 0 heterocycles. The Labute approximate surface area is 104 Å². The van der Waals surface area contributed by atoms with Crippen LogP contribution in [0.4, 0.5) is 4.79 Å². The molecule has 1 rings (SSSR count). The number of carbonyl (C=O) groups excluding carboxylic acids is 2. The van der Waals surface area contributed by atoms with Crippen molar-refractivity contribution >= 4 is 17.8 Å². The lowest BCUT2D eigenvalue weighted by Gasteiger charge is -2.10. The zero-order chi connectivity index (χ0) is 13.5. The number of benzene rings is 1. The first-order valence-electron chi connectivity index (χ1n) is 5.25. The van der Waals surface area contributed by atoms with Gasteiger partial charge in [0.1, 0.15) is 6.61 Å². The number of Topliss-reactive ketones (excluding diaryl/α,β-unsaturated/α-hetero) is 1. The zero-order valence-electron chi connectivity index (χ0n) is 9.75. The van der Waals surface area contributed by atoms with Crippen LogP contribution in [0.3, 0.4) is 0 Å². The third kappa shape index (κ3) is 4.25. The third-order valence-corrected chi connectivity index (χ3v) is 2.15. The van der Waals surface area contributed by atoms with Crippen molar-refractivity contribution in [2.75, 3.05) is 0 Å². The molecule has 0 bridgehead atoms. The summed E-state index contributed by atoms with van der Waals surface area (Å²) in [5.41, 5.74) is 0.796. The first-order valence-corrected chi connectivity index (χ1v) is 5.25. The van der Waals surface area contributed by atoms with E-state index >= 15 is 0 Å². The fraction of sp³-hybridized carbons (Fsp3) is 0.250. The predicted octanol–water partition coefficient (Wildman–Crippen LogP) is 0.955. The van der Waals surface area contributed by atoms with Crippen molar-refractivity contribution in [3.8, 4) is 0 Å². The summed E-state index contributed by atoms with van der Waals surface area (Å²) in [6.45, 7) is 1.33. The summed E-state index contributed by atoms with van der Waals surface area (Å²) in [7, 11) is 0. The normalized spacial score (nSPS) is 11.4. The molecule has 96 valence electrons. The van der Waals surface area contributed by atoms with Gasteiger partial charge in [-0.2, -0.15) is 0 Å². The maximum atomic E-state index is 11.3. The van der Waals surface area contributed by atoms with Gasteiger partial charge in [0.25, 0.3) is 5.78 Å². The number of amides is 1. The van der Waals surface area contributed by atoms with Gasteiger partial charge < -0.3 is 15.2 Å². The molecular formula is C12H13NO5. The largest absolute Gasteiger partial charge is 0.475 e. The average molecular weight is 251 g/mol. The van der Waals surface area contributed by atoms with Crippen LogP contribution in [0, 0.1) is 0 Å². The Kier molecular flexibility index (Phi) is 4.86. The van der Waals surface area contributed by atoms with Crippen molar-refractivity contribution in [3.63, 3.8) is 0 Å². The molecule has 0 aliphatic heterocycles. The molecule has 0 fully saturated rings. The molecule has 0 saturated carbocycles. The van der Waals surface area contributed by atoms with Crippen LogP contribution in [-0.4, -0.2) is 29.0 Å². The summed E-state index contributed by atoms with van der Waals surface area (Å²) in [6.07, 6.45) is -0.832. The number of rotatable bonds is 5. The van der Waals surface area contributed by atoms with Crippen molar-refractivity contribution in [3.05, 3.63) is 35.9 Å². The number of carboxylic acids is 1. The van der Waals surface area contributed by atoms with E-state index in [1.165, 1.54) is 6.92 Å². The Morgan fingerprint density at radius 1 is 1.28 bits per heavy atom. The Balaban J connectivity index is 2.38. The molecule has 0 saturated heterocycles. The lowest BCUT2D eigenvalue weighted by molar-refractivity contribution is -0.149. The number of aliphatic carboxylic acids is 1. The minimum atomic E-state index is -1.59. The van der Waals surface area contributed by atoms with Gasteiger partial charge in [0.05, 0.1) is 6.04 Å². The van der Waals surface area contributed by atoms with E-state index < -0.39 is 23.9 Å². The minimum Gasteiger partial charge on any atom is -0.475 e. The molecule has 6 heteroatoms. The molecule has 0 unspecified atom stereocenters. The van der Waals surface area contributed by atoms with E-state index in [0.717, 1.165) is 5.56 Å². The van der Waals surface area contributed by atoms with E-state index in [0.29, 0.717) is 0 Å². The maximum Gasteiger partial charge on any atom is 0.408 e. The summed E-state index contributed by atoms with van der Waals surface area (Å²) in [4.78, 5) is 32.6. The highest BCUT2D eigenvalue weighted by Gasteiger charge is 2.22. The second kappa shape index (κ2) is 6.39. The van der Waals surface area contributed by atoms with E-state index in [1.807, 2.05) is 6.07 Å². The number of alkyl carbamates (subject to hydrolysis) is 1. The minimum absolute atomic E-state index is 0.0562. The quantitative estimate of drug-likeness (QED) is 0.760. The van der Waals surface area contributed by atoms with Gasteiger partial charge in [-0.3, -0.25) is 4.79 Å². The van der Waals surface area contributed by atoms with Crippen LogP contribution < -0.4 is 5.32 Å². The Morgan fingerprint density at radius 2 is 1.89 bits per heavy atom. The number of ether oxygens (including phenoxy) is 1. The van der Waals surface area contributed by atoms with E-state index in [2.05, 4.69) is 5.32 Å². The second-order valence-corrected chi connectivity index (χ2v) is 3.60.